The van der Waals surface area contributed by atoms with Gasteiger partial charge in [-0.1, -0.05) is 34.1 Å². The van der Waals surface area contributed by atoms with Gasteiger partial charge in [-0.2, -0.15) is 0 Å². The normalized spacial score (nSPS) is 11.2. The zero-order chi connectivity index (χ0) is 13.1. The number of aryl methyl sites for hydroxylation is 1. The maximum Gasteiger partial charge on any atom is 0.132 e. The second-order valence-electron chi connectivity index (χ2n) is 4.80. The van der Waals surface area contributed by atoms with Crippen molar-refractivity contribution in [3.8, 4) is 0 Å². The summed E-state index contributed by atoms with van der Waals surface area (Å²) < 4.78 is 0. The SMILES string of the molecule is Cc1cc2ccccc2nc1N(CCBr)C(C)C. The third kappa shape index (κ3) is 2.66. The maximum atomic E-state index is 4.82. The lowest BCUT2D eigenvalue weighted by atomic mass is 10.1. The second kappa shape index (κ2) is 5.70. The molecule has 3 heteroatoms. The molecule has 0 aliphatic heterocycles. The van der Waals surface area contributed by atoms with Crippen molar-refractivity contribution in [1.82, 2.24) is 4.98 Å². The van der Waals surface area contributed by atoms with Gasteiger partial charge in [-0.15, -0.1) is 0 Å². The van der Waals surface area contributed by atoms with Gasteiger partial charge in [0.1, 0.15) is 5.82 Å². The quantitative estimate of drug-likeness (QED) is 0.789. The van der Waals surface area contributed by atoms with E-state index in [1.807, 2.05) is 6.07 Å². The Bertz CT molecular complexity index is 537. The van der Waals surface area contributed by atoms with Crippen LogP contribution in [0.5, 0.6) is 0 Å². The number of fused-ring (bicyclic) bond motifs is 1. The molecule has 2 aromatic rings. The number of alkyl halides is 1. The Labute approximate surface area is 117 Å². The number of pyridine rings is 1. The highest BCUT2D eigenvalue weighted by atomic mass is 79.9. The molecule has 0 spiro atoms. The van der Waals surface area contributed by atoms with Crippen LogP contribution in [0.3, 0.4) is 0 Å². The van der Waals surface area contributed by atoms with Crippen molar-refractivity contribution >= 4 is 32.7 Å². The van der Waals surface area contributed by atoms with Crippen LogP contribution in [0.1, 0.15) is 19.4 Å². The van der Waals surface area contributed by atoms with E-state index in [4.69, 9.17) is 4.98 Å². The lowest BCUT2D eigenvalue weighted by Crippen LogP contribution is -2.33. The van der Waals surface area contributed by atoms with Gasteiger partial charge >= 0.3 is 0 Å². The van der Waals surface area contributed by atoms with E-state index in [0.717, 1.165) is 23.2 Å². The largest absolute Gasteiger partial charge is 0.353 e. The standard InChI is InChI=1S/C15H19BrN2/c1-11(2)18(9-8-16)15-12(3)10-13-6-4-5-7-14(13)17-15/h4-7,10-11H,8-9H2,1-3H3. The number of halogens is 1. The summed E-state index contributed by atoms with van der Waals surface area (Å²) >= 11 is 3.52. The van der Waals surface area contributed by atoms with Gasteiger partial charge in [-0.3, -0.25) is 0 Å². The van der Waals surface area contributed by atoms with Gasteiger partial charge in [0, 0.05) is 23.3 Å². The molecule has 0 aliphatic rings. The van der Waals surface area contributed by atoms with E-state index in [2.05, 4.69) is 65.9 Å². The number of hydrogen-bond donors (Lipinski definition) is 0. The smallest absolute Gasteiger partial charge is 0.132 e. The fraction of sp³-hybridized carbons (Fsp3) is 0.400. The first kappa shape index (κ1) is 13.3. The first-order valence-electron chi connectivity index (χ1n) is 6.32. The zero-order valence-electron chi connectivity index (χ0n) is 11.2. The molecule has 18 heavy (non-hydrogen) atoms. The monoisotopic (exact) mass is 306 g/mol. The van der Waals surface area contributed by atoms with E-state index < -0.39 is 0 Å². The molecular formula is C15H19BrN2. The van der Waals surface area contributed by atoms with Gasteiger partial charge in [0.05, 0.1) is 5.52 Å². The number of rotatable bonds is 4. The molecule has 0 bridgehead atoms. The van der Waals surface area contributed by atoms with E-state index in [9.17, 15) is 0 Å². The Hall–Kier alpha value is -1.09. The summed E-state index contributed by atoms with van der Waals surface area (Å²) in [6, 6.07) is 11.0. The summed E-state index contributed by atoms with van der Waals surface area (Å²) in [5, 5.41) is 2.17. The Kier molecular flexibility index (Phi) is 4.23. The van der Waals surface area contributed by atoms with E-state index in [0.29, 0.717) is 6.04 Å². The minimum Gasteiger partial charge on any atom is -0.353 e. The molecule has 0 amide bonds. The molecule has 2 nitrogen and oxygen atoms in total. The number of benzene rings is 1. The highest BCUT2D eigenvalue weighted by Gasteiger charge is 2.14. The summed E-state index contributed by atoms with van der Waals surface area (Å²) in [6.45, 7) is 7.53. The lowest BCUT2D eigenvalue weighted by Gasteiger charge is -2.28. The van der Waals surface area contributed by atoms with Gasteiger partial charge in [-0.25, -0.2) is 4.98 Å². The fourth-order valence-electron chi connectivity index (χ4n) is 2.20. The van der Waals surface area contributed by atoms with E-state index in [-0.39, 0.29) is 0 Å². The summed E-state index contributed by atoms with van der Waals surface area (Å²) in [7, 11) is 0. The molecule has 0 aliphatic carbocycles. The van der Waals surface area contributed by atoms with Crippen LogP contribution in [0, 0.1) is 6.92 Å². The molecule has 1 aromatic carbocycles. The third-order valence-corrected chi connectivity index (χ3v) is 3.46. The molecule has 1 aromatic heterocycles. The van der Waals surface area contributed by atoms with Crippen molar-refractivity contribution in [2.75, 3.05) is 16.8 Å². The van der Waals surface area contributed by atoms with Crippen LogP contribution in [-0.2, 0) is 0 Å². The topological polar surface area (TPSA) is 16.1 Å². The Morgan fingerprint density at radius 2 is 2.00 bits per heavy atom. The van der Waals surface area contributed by atoms with E-state index >= 15 is 0 Å². The number of nitrogens with zero attached hydrogens (tertiary/aromatic N) is 2. The molecule has 0 unspecified atom stereocenters. The summed E-state index contributed by atoms with van der Waals surface area (Å²) in [6.07, 6.45) is 0. The summed E-state index contributed by atoms with van der Waals surface area (Å²) in [4.78, 5) is 7.16. The van der Waals surface area contributed by atoms with Gasteiger partial charge in [0.25, 0.3) is 0 Å². The highest BCUT2D eigenvalue weighted by molar-refractivity contribution is 9.09. The lowest BCUT2D eigenvalue weighted by molar-refractivity contribution is 0.697. The molecule has 0 radical (unpaired) electrons. The van der Waals surface area contributed by atoms with Gasteiger partial charge in [0.2, 0.25) is 0 Å². The van der Waals surface area contributed by atoms with Crippen LogP contribution in [0.2, 0.25) is 0 Å². The van der Waals surface area contributed by atoms with Crippen molar-refractivity contribution in [2.45, 2.75) is 26.8 Å². The van der Waals surface area contributed by atoms with Crippen molar-refractivity contribution < 1.29 is 0 Å². The highest BCUT2D eigenvalue weighted by Crippen LogP contribution is 2.24. The minimum absolute atomic E-state index is 0.454. The summed E-state index contributed by atoms with van der Waals surface area (Å²) in [5.41, 5.74) is 2.31. The molecule has 0 atom stereocenters. The molecule has 0 saturated carbocycles. The second-order valence-corrected chi connectivity index (χ2v) is 5.59. The third-order valence-electron chi connectivity index (χ3n) is 3.11. The predicted octanol–water partition coefficient (Wildman–Crippen LogP) is 4.15. The Morgan fingerprint density at radius 3 is 2.67 bits per heavy atom. The molecule has 1 heterocycles. The fourth-order valence-corrected chi connectivity index (χ4v) is 2.58. The Morgan fingerprint density at radius 1 is 1.28 bits per heavy atom. The molecule has 0 fully saturated rings. The van der Waals surface area contributed by atoms with Crippen molar-refractivity contribution in [3.05, 3.63) is 35.9 Å². The Balaban J connectivity index is 2.51. The minimum atomic E-state index is 0.454. The number of para-hydroxylation sites is 1. The van der Waals surface area contributed by atoms with Gasteiger partial charge in [-0.05, 0) is 38.5 Å². The van der Waals surface area contributed by atoms with Crippen molar-refractivity contribution in [3.63, 3.8) is 0 Å². The van der Waals surface area contributed by atoms with Gasteiger partial charge < -0.3 is 4.90 Å². The van der Waals surface area contributed by atoms with Crippen LogP contribution in [0.4, 0.5) is 5.82 Å². The first-order valence-corrected chi connectivity index (χ1v) is 7.44. The first-order chi connectivity index (χ1) is 8.63. The van der Waals surface area contributed by atoms with Crippen LogP contribution in [0.25, 0.3) is 10.9 Å². The molecular weight excluding hydrogens is 288 g/mol. The average molecular weight is 307 g/mol. The molecule has 2 rings (SSSR count). The van der Waals surface area contributed by atoms with E-state index in [1.165, 1.54) is 10.9 Å². The number of hydrogen-bond acceptors (Lipinski definition) is 2. The van der Waals surface area contributed by atoms with Crippen LogP contribution >= 0.6 is 15.9 Å². The predicted molar refractivity (Wildman–Crippen MR) is 82.8 cm³/mol. The van der Waals surface area contributed by atoms with Crippen molar-refractivity contribution in [1.29, 1.82) is 0 Å². The van der Waals surface area contributed by atoms with Gasteiger partial charge in [0.15, 0.2) is 0 Å². The molecule has 0 saturated heterocycles. The van der Waals surface area contributed by atoms with Crippen LogP contribution < -0.4 is 4.90 Å². The van der Waals surface area contributed by atoms with Crippen molar-refractivity contribution in [2.24, 2.45) is 0 Å². The summed E-state index contributed by atoms with van der Waals surface area (Å²) in [5.74, 6) is 1.10. The molecule has 96 valence electrons. The number of aromatic nitrogens is 1. The van der Waals surface area contributed by atoms with E-state index in [1.54, 1.807) is 0 Å². The average Bonchev–Trinajstić information content (AvgIpc) is 2.35. The molecule has 0 N–H and O–H groups in total. The maximum absolute atomic E-state index is 4.82. The van der Waals surface area contributed by atoms with Crippen LogP contribution in [0.15, 0.2) is 30.3 Å². The van der Waals surface area contributed by atoms with Crippen LogP contribution in [-0.4, -0.2) is 22.9 Å². The zero-order valence-corrected chi connectivity index (χ0v) is 12.7. The number of anilines is 1.